The molecule has 3 heteroatoms. The number of aryl methyl sites for hydroxylation is 1. The first-order valence-electron chi connectivity index (χ1n) is 11.0. The van der Waals surface area contributed by atoms with E-state index >= 15 is 0 Å². The van der Waals surface area contributed by atoms with E-state index in [2.05, 4.69) is 103 Å². The van der Waals surface area contributed by atoms with E-state index in [4.69, 9.17) is 4.74 Å². The minimum Gasteiger partial charge on any atom is -0.466 e. The lowest BCUT2D eigenvalue weighted by atomic mass is 9.96. The molecule has 0 fully saturated rings. The number of carbonyl (C=O) groups excluding carboxylic acids is 1. The Balaban J connectivity index is 1.80. The Morgan fingerprint density at radius 2 is 1.22 bits per heavy atom. The minimum absolute atomic E-state index is 0.147. The molecule has 0 N–H and O–H groups in total. The van der Waals surface area contributed by atoms with E-state index in [-0.39, 0.29) is 5.97 Å². The van der Waals surface area contributed by atoms with Crippen molar-refractivity contribution < 1.29 is 9.53 Å². The summed E-state index contributed by atoms with van der Waals surface area (Å²) in [5.74, 6) is -0.147. The quantitative estimate of drug-likeness (QED) is 0.264. The van der Waals surface area contributed by atoms with Gasteiger partial charge in [-0.05, 0) is 53.9 Å². The first-order valence-corrected chi connectivity index (χ1v) is 12.3. The Morgan fingerprint density at radius 3 is 1.84 bits per heavy atom. The van der Waals surface area contributed by atoms with Crippen LogP contribution in [0, 0.1) is 0 Å². The molecule has 32 heavy (non-hydrogen) atoms. The summed E-state index contributed by atoms with van der Waals surface area (Å²) in [7, 11) is -0.722. The van der Waals surface area contributed by atoms with Gasteiger partial charge in [-0.2, -0.15) is 0 Å². The molecule has 0 spiro atoms. The molecule has 0 aromatic heterocycles. The van der Waals surface area contributed by atoms with Crippen LogP contribution in [0.2, 0.25) is 0 Å². The Hall–Kier alpha value is -3.22. The lowest BCUT2D eigenvalue weighted by molar-refractivity contribution is -0.143. The zero-order valence-electron chi connectivity index (χ0n) is 18.3. The number of benzene rings is 4. The SMILES string of the molecule is CCOC(=O)CCc1ccccc1-c1ccccc1P(c1ccccc1)c1ccccc1. The first kappa shape index (κ1) is 22.0. The molecule has 0 atom stereocenters. The fourth-order valence-corrected chi connectivity index (χ4v) is 6.41. The van der Waals surface area contributed by atoms with E-state index in [1.807, 2.05) is 13.0 Å². The number of esters is 1. The van der Waals surface area contributed by atoms with E-state index in [0.29, 0.717) is 19.4 Å². The molecule has 0 amide bonds. The molecule has 160 valence electrons. The smallest absolute Gasteiger partial charge is 0.306 e. The standard InChI is InChI=1S/C29H27O2P/c1-2-31-29(30)22-21-23-13-9-10-18-26(23)27-19-11-12-20-28(27)32(24-14-5-3-6-15-24)25-16-7-4-8-17-25/h3-20H,2,21-22H2,1H3. The number of ether oxygens (including phenoxy) is 1. The molecule has 0 heterocycles. The van der Waals surface area contributed by atoms with Crippen LogP contribution in [-0.4, -0.2) is 12.6 Å². The molecule has 0 radical (unpaired) electrons. The summed E-state index contributed by atoms with van der Waals surface area (Å²) >= 11 is 0. The Bertz CT molecular complexity index is 1120. The molecule has 0 aliphatic carbocycles. The highest BCUT2D eigenvalue weighted by Gasteiger charge is 2.21. The maximum Gasteiger partial charge on any atom is 0.306 e. The van der Waals surface area contributed by atoms with E-state index in [1.54, 1.807) is 0 Å². The van der Waals surface area contributed by atoms with Gasteiger partial charge in [-0.1, -0.05) is 109 Å². The summed E-state index contributed by atoms with van der Waals surface area (Å²) in [6.45, 7) is 2.26. The topological polar surface area (TPSA) is 26.3 Å². The molecule has 2 nitrogen and oxygen atoms in total. The highest BCUT2D eigenvalue weighted by atomic mass is 31.1. The van der Waals surface area contributed by atoms with Crippen LogP contribution in [0.4, 0.5) is 0 Å². The third-order valence-electron chi connectivity index (χ3n) is 5.39. The van der Waals surface area contributed by atoms with Crippen LogP contribution >= 0.6 is 7.92 Å². The molecule has 0 aliphatic rings. The van der Waals surface area contributed by atoms with Crippen LogP contribution in [0.15, 0.2) is 109 Å². The maximum absolute atomic E-state index is 12.0. The fraction of sp³-hybridized carbons (Fsp3) is 0.138. The van der Waals surface area contributed by atoms with Crippen LogP contribution < -0.4 is 15.9 Å². The first-order chi connectivity index (χ1) is 15.8. The van der Waals surface area contributed by atoms with Crippen LogP contribution in [0.5, 0.6) is 0 Å². The third-order valence-corrected chi connectivity index (χ3v) is 7.89. The van der Waals surface area contributed by atoms with E-state index < -0.39 is 7.92 Å². The average molecular weight is 439 g/mol. The summed E-state index contributed by atoms with van der Waals surface area (Å²) in [5.41, 5.74) is 3.58. The van der Waals surface area contributed by atoms with Gasteiger partial charge < -0.3 is 4.74 Å². The second kappa shape index (κ2) is 10.9. The molecule has 0 unspecified atom stereocenters. The predicted molar refractivity (Wildman–Crippen MR) is 136 cm³/mol. The second-order valence-corrected chi connectivity index (χ2v) is 9.67. The Kier molecular flexibility index (Phi) is 7.48. The zero-order valence-corrected chi connectivity index (χ0v) is 19.2. The van der Waals surface area contributed by atoms with Gasteiger partial charge in [0.2, 0.25) is 0 Å². The second-order valence-electron chi connectivity index (χ2n) is 7.49. The van der Waals surface area contributed by atoms with Crippen molar-refractivity contribution in [2.45, 2.75) is 19.8 Å². The van der Waals surface area contributed by atoms with Crippen molar-refractivity contribution in [1.82, 2.24) is 0 Å². The van der Waals surface area contributed by atoms with Crippen molar-refractivity contribution in [3.63, 3.8) is 0 Å². The molecule has 4 rings (SSSR count). The van der Waals surface area contributed by atoms with Gasteiger partial charge in [-0.3, -0.25) is 4.79 Å². The number of rotatable bonds is 8. The minimum atomic E-state index is -0.722. The van der Waals surface area contributed by atoms with E-state index in [9.17, 15) is 4.79 Å². The van der Waals surface area contributed by atoms with Crippen LogP contribution in [0.3, 0.4) is 0 Å². The Morgan fingerprint density at radius 1 is 0.688 bits per heavy atom. The zero-order chi connectivity index (χ0) is 22.2. The molecule has 0 saturated heterocycles. The number of hydrogen-bond donors (Lipinski definition) is 0. The summed E-state index contributed by atoms with van der Waals surface area (Å²) in [4.78, 5) is 12.0. The number of carbonyl (C=O) groups is 1. The largest absolute Gasteiger partial charge is 0.466 e. The van der Waals surface area contributed by atoms with Crippen molar-refractivity contribution in [1.29, 1.82) is 0 Å². The van der Waals surface area contributed by atoms with Gasteiger partial charge in [0.15, 0.2) is 0 Å². The normalized spacial score (nSPS) is 10.8. The van der Waals surface area contributed by atoms with E-state index in [1.165, 1.54) is 32.6 Å². The number of hydrogen-bond acceptors (Lipinski definition) is 2. The summed E-state index contributed by atoms with van der Waals surface area (Å²) in [6.07, 6.45) is 1.05. The molecule has 4 aromatic carbocycles. The maximum atomic E-state index is 12.0. The lowest BCUT2D eigenvalue weighted by Crippen LogP contribution is -2.22. The van der Waals surface area contributed by atoms with Crippen molar-refractivity contribution >= 4 is 29.8 Å². The predicted octanol–water partition coefficient (Wildman–Crippen LogP) is 5.61. The Labute approximate surface area is 191 Å². The van der Waals surface area contributed by atoms with Gasteiger partial charge in [-0.15, -0.1) is 0 Å². The van der Waals surface area contributed by atoms with Gasteiger partial charge >= 0.3 is 5.97 Å². The van der Waals surface area contributed by atoms with Gasteiger partial charge in [0, 0.05) is 6.42 Å². The lowest BCUT2D eigenvalue weighted by Gasteiger charge is -2.23. The average Bonchev–Trinajstić information content (AvgIpc) is 2.85. The van der Waals surface area contributed by atoms with Crippen molar-refractivity contribution in [2.75, 3.05) is 6.61 Å². The van der Waals surface area contributed by atoms with Crippen LogP contribution in [-0.2, 0) is 16.0 Å². The molecular formula is C29H27O2P. The van der Waals surface area contributed by atoms with Gasteiger partial charge in [-0.25, -0.2) is 0 Å². The summed E-state index contributed by atoms with van der Waals surface area (Å²) in [5, 5.41) is 3.97. The van der Waals surface area contributed by atoms with Crippen LogP contribution in [0.25, 0.3) is 11.1 Å². The fourth-order valence-electron chi connectivity index (χ4n) is 3.95. The molecule has 0 saturated carbocycles. The molecule has 0 bridgehead atoms. The van der Waals surface area contributed by atoms with Crippen molar-refractivity contribution in [3.8, 4) is 11.1 Å². The summed E-state index contributed by atoms with van der Waals surface area (Å²) < 4.78 is 5.15. The molecule has 4 aromatic rings. The highest BCUT2D eigenvalue weighted by Crippen LogP contribution is 2.37. The highest BCUT2D eigenvalue weighted by molar-refractivity contribution is 7.80. The summed E-state index contributed by atoms with van der Waals surface area (Å²) in [6, 6.07) is 38.6. The van der Waals surface area contributed by atoms with Gasteiger partial charge in [0.25, 0.3) is 0 Å². The molecular weight excluding hydrogens is 411 g/mol. The third kappa shape index (κ3) is 5.15. The van der Waals surface area contributed by atoms with E-state index in [0.717, 1.165) is 0 Å². The van der Waals surface area contributed by atoms with Gasteiger partial charge in [0.1, 0.15) is 0 Å². The van der Waals surface area contributed by atoms with Crippen molar-refractivity contribution in [2.24, 2.45) is 0 Å². The van der Waals surface area contributed by atoms with Crippen molar-refractivity contribution in [3.05, 3.63) is 115 Å². The molecule has 0 aliphatic heterocycles. The van der Waals surface area contributed by atoms with Gasteiger partial charge in [0.05, 0.1) is 6.61 Å². The van der Waals surface area contributed by atoms with Crippen LogP contribution in [0.1, 0.15) is 18.9 Å². The monoisotopic (exact) mass is 438 g/mol.